The molecule has 0 aliphatic rings. The van der Waals surface area contributed by atoms with Crippen LogP contribution in [-0.4, -0.2) is 9.97 Å². The maximum atomic E-state index is 13.1. The fourth-order valence-corrected chi connectivity index (χ4v) is 1.67. The molecule has 0 saturated carbocycles. The Morgan fingerprint density at radius 3 is 2.94 bits per heavy atom. The minimum atomic E-state index is -0.530. The van der Waals surface area contributed by atoms with Gasteiger partial charge in [-0.2, -0.15) is 0 Å². The van der Waals surface area contributed by atoms with Crippen molar-refractivity contribution in [3.8, 4) is 0 Å². The highest BCUT2D eigenvalue weighted by molar-refractivity contribution is 6.31. The second-order valence-corrected chi connectivity index (χ2v) is 4.21. The molecule has 0 atom stereocenters. The summed E-state index contributed by atoms with van der Waals surface area (Å²) in [7, 11) is 0. The first-order chi connectivity index (χ1) is 8.56. The fraction of sp³-hybridized carbons (Fsp3) is 0.167. The lowest BCUT2D eigenvalue weighted by Gasteiger charge is -2.10. The van der Waals surface area contributed by atoms with Crippen LogP contribution in [0.2, 0.25) is 5.02 Å². The van der Waals surface area contributed by atoms with Gasteiger partial charge in [-0.05, 0) is 19.1 Å². The van der Waals surface area contributed by atoms with Gasteiger partial charge in [0.1, 0.15) is 11.6 Å². The Bertz CT molecular complexity index is 574. The summed E-state index contributed by atoms with van der Waals surface area (Å²) in [6.07, 6.45) is 1.68. The number of benzene rings is 1. The average molecular weight is 267 g/mol. The minimum absolute atomic E-state index is 0.0329. The summed E-state index contributed by atoms with van der Waals surface area (Å²) in [4.78, 5) is 8.24. The molecule has 0 aliphatic carbocycles. The van der Waals surface area contributed by atoms with Crippen molar-refractivity contribution in [3.05, 3.63) is 46.8 Å². The Morgan fingerprint density at radius 2 is 2.22 bits per heavy atom. The molecule has 18 heavy (non-hydrogen) atoms. The van der Waals surface area contributed by atoms with Gasteiger partial charge in [0.2, 0.25) is 0 Å². The molecule has 2 rings (SSSR count). The van der Waals surface area contributed by atoms with E-state index in [0.717, 1.165) is 5.69 Å². The summed E-state index contributed by atoms with van der Waals surface area (Å²) in [6.45, 7) is 2.28. The monoisotopic (exact) mass is 266 g/mol. The van der Waals surface area contributed by atoms with Crippen molar-refractivity contribution in [2.75, 3.05) is 11.1 Å². The first-order valence-corrected chi connectivity index (χ1v) is 5.71. The number of anilines is 2. The maximum absolute atomic E-state index is 13.1. The van der Waals surface area contributed by atoms with Gasteiger partial charge in [0, 0.05) is 12.3 Å². The summed E-state index contributed by atoms with van der Waals surface area (Å²) < 4.78 is 13.1. The maximum Gasteiger partial charge on any atom is 0.143 e. The number of hydrogen-bond acceptors (Lipinski definition) is 4. The number of nitrogens with two attached hydrogens (primary N) is 1. The second-order valence-electron chi connectivity index (χ2n) is 3.80. The highest BCUT2D eigenvalue weighted by atomic mass is 35.5. The number of rotatable bonds is 3. The number of halogens is 2. The Kier molecular flexibility index (Phi) is 3.62. The molecular formula is C12H12ClFN4. The van der Waals surface area contributed by atoms with E-state index in [1.807, 2.05) is 6.92 Å². The molecule has 6 heteroatoms. The lowest BCUT2D eigenvalue weighted by molar-refractivity contribution is 0.629. The molecule has 1 heterocycles. The number of aryl methyl sites for hydroxylation is 1. The molecule has 0 spiro atoms. The number of nitrogen functional groups attached to an aromatic ring is 1. The van der Waals surface area contributed by atoms with Gasteiger partial charge in [-0.15, -0.1) is 0 Å². The Hall–Kier alpha value is -1.88. The van der Waals surface area contributed by atoms with Gasteiger partial charge in [-0.1, -0.05) is 11.6 Å². The van der Waals surface area contributed by atoms with E-state index >= 15 is 0 Å². The Morgan fingerprint density at radius 1 is 1.44 bits per heavy atom. The van der Waals surface area contributed by atoms with Crippen molar-refractivity contribution in [3.63, 3.8) is 0 Å². The summed E-state index contributed by atoms with van der Waals surface area (Å²) in [5.41, 5.74) is 7.40. The Balaban J connectivity index is 2.13. The first kappa shape index (κ1) is 12.6. The van der Waals surface area contributed by atoms with Crippen LogP contribution in [0.25, 0.3) is 0 Å². The van der Waals surface area contributed by atoms with Gasteiger partial charge >= 0.3 is 0 Å². The lowest BCUT2D eigenvalue weighted by atomic mass is 10.2. The highest BCUT2D eigenvalue weighted by Crippen LogP contribution is 2.26. The lowest BCUT2D eigenvalue weighted by Crippen LogP contribution is -2.05. The van der Waals surface area contributed by atoms with Crippen molar-refractivity contribution in [2.45, 2.75) is 13.5 Å². The van der Waals surface area contributed by atoms with Crippen LogP contribution in [0, 0.1) is 12.7 Å². The van der Waals surface area contributed by atoms with Gasteiger partial charge in [0.15, 0.2) is 0 Å². The van der Waals surface area contributed by atoms with E-state index in [9.17, 15) is 4.39 Å². The minimum Gasteiger partial charge on any atom is -0.397 e. The molecule has 0 bridgehead atoms. The quantitative estimate of drug-likeness (QED) is 0.839. The Labute approximate surface area is 109 Å². The van der Waals surface area contributed by atoms with Crippen LogP contribution in [0.4, 0.5) is 15.8 Å². The molecule has 0 fully saturated rings. The zero-order valence-electron chi connectivity index (χ0n) is 9.74. The predicted molar refractivity (Wildman–Crippen MR) is 69.9 cm³/mol. The molecule has 2 aromatic rings. The molecule has 0 amide bonds. The standard InChI is InChI=1S/C12H12ClFN4/c1-7-16-3-2-8(18-7)6-17-12-4-9(13)10(14)5-11(12)15/h2-5,17H,6,15H2,1H3. The van der Waals surface area contributed by atoms with Crippen LogP contribution in [0.3, 0.4) is 0 Å². The molecule has 1 aromatic heterocycles. The van der Waals surface area contributed by atoms with Crippen LogP contribution in [0.15, 0.2) is 24.4 Å². The largest absolute Gasteiger partial charge is 0.397 e. The van der Waals surface area contributed by atoms with Gasteiger partial charge < -0.3 is 11.1 Å². The summed E-state index contributed by atoms with van der Waals surface area (Å²) >= 11 is 5.70. The van der Waals surface area contributed by atoms with E-state index in [0.29, 0.717) is 23.7 Å². The topological polar surface area (TPSA) is 63.8 Å². The summed E-state index contributed by atoms with van der Waals surface area (Å²) in [5.74, 6) is 0.164. The molecule has 4 nitrogen and oxygen atoms in total. The average Bonchev–Trinajstić information content (AvgIpc) is 2.32. The third-order valence-electron chi connectivity index (χ3n) is 2.39. The van der Waals surface area contributed by atoms with E-state index in [1.54, 1.807) is 12.3 Å². The number of aromatic nitrogens is 2. The zero-order chi connectivity index (χ0) is 13.1. The molecule has 0 saturated heterocycles. The van der Waals surface area contributed by atoms with Crippen molar-refractivity contribution < 1.29 is 4.39 Å². The van der Waals surface area contributed by atoms with E-state index < -0.39 is 5.82 Å². The predicted octanol–water partition coefficient (Wildman–Crippen LogP) is 2.77. The number of nitrogens with one attached hydrogen (secondary N) is 1. The molecule has 3 N–H and O–H groups in total. The van der Waals surface area contributed by atoms with Crippen molar-refractivity contribution in [1.82, 2.24) is 9.97 Å². The molecule has 0 radical (unpaired) electrons. The molecule has 0 aliphatic heterocycles. The summed E-state index contributed by atoms with van der Waals surface area (Å²) in [5, 5.41) is 3.09. The van der Waals surface area contributed by atoms with Crippen LogP contribution < -0.4 is 11.1 Å². The van der Waals surface area contributed by atoms with E-state index in [1.165, 1.54) is 12.1 Å². The number of hydrogen-bond donors (Lipinski definition) is 2. The van der Waals surface area contributed by atoms with Crippen molar-refractivity contribution in [1.29, 1.82) is 0 Å². The van der Waals surface area contributed by atoms with Crippen LogP contribution in [0.1, 0.15) is 11.5 Å². The second kappa shape index (κ2) is 5.18. The molecular weight excluding hydrogens is 255 g/mol. The van der Waals surface area contributed by atoms with Gasteiger partial charge in [0.25, 0.3) is 0 Å². The molecule has 1 aromatic carbocycles. The van der Waals surface area contributed by atoms with E-state index in [-0.39, 0.29) is 5.02 Å². The van der Waals surface area contributed by atoms with Crippen molar-refractivity contribution >= 4 is 23.0 Å². The van der Waals surface area contributed by atoms with E-state index in [4.69, 9.17) is 17.3 Å². The third-order valence-corrected chi connectivity index (χ3v) is 2.68. The number of nitrogens with zero attached hydrogens (tertiary/aromatic N) is 2. The highest BCUT2D eigenvalue weighted by Gasteiger charge is 2.06. The van der Waals surface area contributed by atoms with Crippen LogP contribution in [-0.2, 0) is 6.54 Å². The SMILES string of the molecule is Cc1nccc(CNc2cc(Cl)c(F)cc2N)n1. The van der Waals surface area contributed by atoms with Gasteiger partial charge in [0.05, 0.1) is 28.6 Å². The van der Waals surface area contributed by atoms with Crippen LogP contribution in [0.5, 0.6) is 0 Å². The molecule has 94 valence electrons. The van der Waals surface area contributed by atoms with Crippen LogP contribution >= 0.6 is 11.6 Å². The molecule has 0 unspecified atom stereocenters. The first-order valence-electron chi connectivity index (χ1n) is 5.33. The zero-order valence-corrected chi connectivity index (χ0v) is 10.5. The van der Waals surface area contributed by atoms with Crippen molar-refractivity contribution in [2.24, 2.45) is 0 Å². The van der Waals surface area contributed by atoms with E-state index in [2.05, 4.69) is 15.3 Å². The smallest absolute Gasteiger partial charge is 0.143 e. The fourth-order valence-electron chi connectivity index (χ4n) is 1.50. The summed E-state index contributed by atoms with van der Waals surface area (Å²) in [6, 6.07) is 4.44. The van der Waals surface area contributed by atoms with Gasteiger partial charge in [-0.25, -0.2) is 14.4 Å². The van der Waals surface area contributed by atoms with Gasteiger partial charge in [-0.3, -0.25) is 0 Å². The normalized spacial score (nSPS) is 10.4. The third kappa shape index (κ3) is 2.87.